The number of hydrogen-bond donors (Lipinski definition) is 1. The van der Waals surface area contributed by atoms with Gasteiger partial charge in [-0.2, -0.15) is 5.10 Å². The maximum Gasteiger partial charge on any atom is 0.251 e. The zero-order valence-electron chi connectivity index (χ0n) is 13.0. The Labute approximate surface area is 134 Å². The van der Waals surface area contributed by atoms with Crippen molar-refractivity contribution in [3.8, 4) is 5.69 Å². The van der Waals surface area contributed by atoms with E-state index in [4.69, 9.17) is 0 Å². The van der Waals surface area contributed by atoms with Gasteiger partial charge in [-0.15, -0.1) is 0 Å². The van der Waals surface area contributed by atoms with Gasteiger partial charge in [0, 0.05) is 43.4 Å². The molecule has 6 heteroatoms. The lowest BCUT2D eigenvalue weighted by Gasteiger charge is -2.13. The van der Waals surface area contributed by atoms with Crippen molar-refractivity contribution in [3.63, 3.8) is 0 Å². The Morgan fingerprint density at radius 1 is 1.26 bits per heavy atom. The molecule has 3 aromatic rings. The van der Waals surface area contributed by atoms with Crippen molar-refractivity contribution in [2.24, 2.45) is 5.92 Å². The number of carbonyl (C=O) groups is 1. The number of carbonyl (C=O) groups excluding carboxylic acids is 1. The quantitative estimate of drug-likeness (QED) is 0.758. The van der Waals surface area contributed by atoms with Crippen molar-refractivity contribution in [2.75, 3.05) is 6.54 Å². The number of rotatable bonds is 6. The monoisotopic (exact) mass is 309 g/mol. The highest BCUT2D eigenvalue weighted by Crippen LogP contribution is 2.10. The molecule has 1 N–H and O–H groups in total. The molecule has 0 bridgehead atoms. The van der Waals surface area contributed by atoms with Gasteiger partial charge >= 0.3 is 0 Å². The highest BCUT2D eigenvalue weighted by molar-refractivity contribution is 5.94. The molecule has 0 spiro atoms. The molecule has 2 heterocycles. The van der Waals surface area contributed by atoms with Crippen LogP contribution in [-0.2, 0) is 6.54 Å². The first kappa shape index (κ1) is 15.0. The van der Waals surface area contributed by atoms with E-state index in [1.807, 2.05) is 47.3 Å². The predicted molar refractivity (Wildman–Crippen MR) is 87.3 cm³/mol. The largest absolute Gasteiger partial charge is 0.352 e. The second-order valence-electron chi connectivity index (χ2n) is 5.58. The molecule has 1 aromatic carbocycles. The van der Waals surface area contributed by atoms with E-state index in [0.717, 1.165) is 12.2 Å². The van der Waals surface area contributed by atoms with Crippen molar-refractivity contribution in [1.29, 1.82) is 0 Å². The summed E-state index contributed by atoms with van der Waals surface area (Å²) in [5.74, 6) is 0.249. The Kier molecular flexibility index (Phi) is 4.52. The third kappa shape index (κ3) is 3.85. The molecule has 0 aliphatic heterocycles. The summed E-state index contributed by atoms with van der Waals surface area (Å²) in [6, 6.07) is 9.28. The zero-order chi connectivity index (χ0) is 16.1. The summed E-state index contributed by atoms with van der Waals surface area (Å²) in [6.45, 7) is 3.54. The number of benzene rings is 1. The van der Waals surface area contributed by atoms with E-state index in [9.17, 15) is 4.79 Å². The molecule has 2 aromatic heterocycles. The van der Waals surface area contributed by atoms with Crippen LogP contribution in [0.25, 0.3) is 5.69 Å². The molecule has 0 radical (unpaired) electrons. The lowest BCUT2D eigenvalue weighted by molar-refractivity contribution is 0.0947. The van der Waals surface area contributed by atoms with Crippen LogP contribution in [-0.4, -0.2) is 31.8 Å². The van der Waals surface area contributed by atoms with Crippen LogP contribution >= 0.6 is 0 Å². The summed E-state index contributed by atoms with van der Waals surface area (Å²) in [5, 5.41) is 7.16. The lowest BCUT2D eigenvalue weighted by atomic mass is 10.1. The molecule has 0 fully saturated rings. The van der Waals surface area contributed by atoms with E-state index in [-0.39, 0.29) is 5.91 Å². The highest BCUT2D eigenvalue weighted by Gasteiger charge is 2.09. The Hall–Kier alpha value is -2.89. The van der Waals surface area contributed by atoms with Crippen LogP contribution in [0.2, 0.25) is 0 Å². The van der Waals surface area contributed by atoms with Gasteiger partial charge in [0.25, 0.3) is 5.91 Å². The molecule has 6 nitrogen and oxygen atoms in total. The molecule has 0 aliphatic carbocycles. The van der Waals surface area contributed by atoms with E-state index >= 15 is 0 Å². The third-order valence-corrected chi connectivity index (χ3v) is 3.57. The standard InChI is InChI=1S/C17H19N5O/c1-14(12-21-9-7-18-13-21)11-19-17(23)15-4-2-5-16(10-15)22-8-3-6-20-22/h2-10,13-14H,11-12H2,1H3,(H,19,23). The summed E-state index contributed by atoms with van der Waals surface area (Å²) in [5.41, 5.74) is 1.50. The SMILES string of the molecule is CC(CNC(=O)c1cccc(-n2cccn2)c1)Cn1ccnc1. The molecule has 118 valence electrons. The fourth-order valence-electron chi connectivity index (χ4n) is 2.40. The van der Waals surface area contributed by atoms with Crippen LogP contribution in [0.4, 0.5) is 0 Å². The average Bonchev–Trinajstić information content (AvgIpc) is 3.26. The van der Waals surface area contributed by atoms with E-state index in [0.29, 0.717) is 18.0 Å². The van der Waals surface area contributed by atoms with Gasteiger partial charge in [0.2, 0.25) is 0 Å². The molecule has 0 saturated carbocycles. The minimum absolute atomic E-state index is 0.0727. The summed E-state index contributed by atoms with van der Waals surface area (Å²) in [7, 11) is 0. The number of imidazole rings is 1. The summed E-state index contributed by atoms with van der Waals surface area (Å²) < 4.78 is 3.74. The molecule has 3 rings (SSSR count). The number of nitrogens with one attached hydrogen (secondary N) is 1. The fraction of sp³-hybridized carbons (Fsp3) is 0.235. The first-order valence-corrected chi connectivity index (χ1v) is 7.56. The van der Waals surface area contributed by atoms with E-state index in [2.05, 4.69) is 22.3 Å². The number of amides is 1. The van der Waals surface area contributed by atoms with Gasteiger partial charge in [-0.05, 0) is 30.2 Å². The van der Waals surface area contributed by atoms with Gasteiger partial charge in [-0.1, -0.05) is 13.0 Å². The first-order valence-electron chi connectivity index (χ1n) is 7.56. The predicted octanol–water partition coefficient (Wildman–Crippen LogP) is 2.13. The first-order chi connectivity index (χ1) is 11.2. The summed E-state index contributed by atoms with van der Waals surface area (Å²) in [6.07, 6.45) is 9.03. The van der Waals surface area contributed by atoms with Gasteiger partial charge in [-0.3, -0.25) is 4.79 Å². The van der Waals surface area contributed by atoms with Crippen molar-refractivity contribution < 1.29 is 4.79 Å². The molecule has 0 saturated heterocycles. The molecular formula is C17H19N5O. The second kappa shape index (κ2) is 6.91. The van der Waals surface area contributed by atoms with Crippen molar-refractivity contribution >= 4 is 5.91 Å². The molecule has 23 heavy (non-hydrogen) atoms. The normalized spacial score (nSPS) is 12.0. The minimum atomic E-state index is -0.0727. The molecule has 1 amide bonds. The van der Waals surface area contributed by atoms with E-state index in [1.54, 1.807) is 23.4 Å². The number of hydrogen-bond acceptors (Lipinski definition) is 3. The smallest absolute Gasteiger partial charge is 0.251 e. The van der Waals surface area contributed by atoms with Crippen molar-refractivity contribution in [1.82, 2.24) is 24.6 Å². The Balaban J connectivity index is 1.59. The Morgan fingerprint density at radius 2 is 2.17 bits per heavy atom. The van der Waals surface area contributed by atoms with Crippen LogP contribution in [0.15, 0.2) is 61.4 Å². The van der Waals surface area contributed by atoms with Gasteiger partial charge in [-0.25, -0.2) is 9.67 Å². The van der Waals surface area contributed by atoms with Crippen molar-refractivity contribution in [2.45, 2.75) is 13.5 Å². The zero-order valence-corrected chi connectivity index (χ0v) is 13.0. The second-order valence-corrected chi connectivity index (χ2v) is 5.58. The topological polar surface area (TPSA) is 64.7 Å². The van der Waals surface area contributed by atoms with Crippen LogP contribution in [0, 0.1) is 5.92 Å². The van der Waals surface area contributed by atoms with E-state index in [1.165, 1.54) is 0 Å². The van der Waals surface area contributed by atoms with Gasteiger partial charge in [0.05, 0.1) is 12.0 Å². The van der Waals surface area contributed by atoms with Crippen molar-refractivity contribution in [3.05, 3.63) is 67.0 Å². The van der Waals surface area contributed by atoms with Crippen LogP contribution in [0.5, 0.6) is 0 Å². The molecule has 1 atom stereocenters. The Bertz CT molecular complexity index is 749. The van der Waals surface area contributed by atoms with Crippen LogP contribution < -0.4 is 5.32 Å². The number of aromatic nitrogens is 4. The average molecular weight is 309 g/mol. The van der Waals surface area contributed by atoms with Gasteiger partial charge in [0.15, 0.2) is 0 Å². The minimum Gasteiger partial charge on any atom is -0.352 e. The lowest BCUT2D eigenvalue weighted by Crippen LogP contribution is -2.29. The molecule has 1 unspecified atom stereocenters. The fourth-order valence-corrected chi connectivity index (χ4v) is 2.40. The Morgan fingerprint density at radius 3 is 2.91 bits per heavy atom. The van der Waals surface area contributed by atoms with Gasteiger partial charge < -0.3 is 9.88 Å². The number of nitrogens with zero attached hydrogens (tertiary/aromatic N) is 4. The van der Waals surface area contributed by atoms with E-state index < -0.39 is 0 Å². The summed E-state index contributed by atoms with van der Waals surface area (Å²) in [4.78, 5) is 16.3. The van der Waals surface area contributed by atoms with Crippen LogP contribution in [0.1, 0.15) is 17.3 Å². The molecular weight excluding hydrogens is 290 g/mol. The van der Waals surface area contributed by atoms with Gasteiger partial charge in [0.1, 0.15) is 0 Å². The van der Waals surface area contributed by atoms with Crippen LogP contribution in [0.3, 0.4) is 0 Å². The third-order valence-electron chi connectivity index (χ3n) is 3.57. The summed E-state index contributed by atoms with van der Waals surface area (Å²) >= 11 is 0. The molecule has 0 aliphatic rings. The maximum atomic E-state index is 12.3. The maximum absolute atomic E-state index is 12.3. The highest BCUT2D eigenvalue weighted by atomic mass is 16.1.